The standard InChI is InChI=1S/C23H30N4O4/c1-17-14-25(15-18(2)31-17)16-19-6-3-4-7-20(19)24-23(29)27-11-9-26(10-12-27)22(28)21-8-5-13-30-21/h3-8,13,17-18H,9-12,14-16H2,1-2H3,(H,24,29)/t17-,18-/m1/s1. The Morgan fingerprint density at radius 2 is 1.65 bits per heavy atom. The van der Waals surface area contributed by atoms with Gasteiger partial charge in [0.05, 0.1) is 18.5 Å². The number of morpholine rings is 1. The number of carbonyl (C=O) groups excluding carboxylic acids is 2. The van der Waals surface area contributed by atoms with Gasteiger partial charge in [-0.3, -0.25) is 9.69 Å². The van der Waals surface area contributed by atoms with Gasteiger partial charge >= 0.3 is 6.03 Å². The molecule has 1 aromatic heterocycles. The van der Waals surface area contributed by atoms with Crippen LogP contribution in [0.5, 0.6) is 0 Å². The maximum atomic E-state index is 12.9. The molecule has 2 fully saturated rings. The van der Waals surface area contributed by atoms with Crippen LogP contribution in [0.15, 0.2) is 47.1 Å². The maximum absolute atomic E-state index is 12.9. The maximum Gasteiger partial charge on any atom is 0.321 e. The van der Waals surface area contributed by atoms with E-state index in [2.05, 4.69) is 30.1 Å². The van der Waals surface area contributed by atoms with E-state index >= 15 is 0 Å². The molecule has 1 N–H and O–H groups in total. The Hall–Kier alpha value is -2.84. The van der Waals surface area contributed by atoms with Gasteiger partial charge in [-0.25, -0.2) is 4.79 Å². The minimum atomic E-state index is -0.138. The van der Waals surface area contributed by atoms with E-state index < -0.39 is 0 Å². The molecule has 0 spiro atoms. The number of ether oxygens (including phenoxy) is 1. The minimum absolute atomic E-state index is 0.135. The first kappa shape index (κ1) is 21.4. The molecule has 1 aromatic carbocycles. The Labute approximate surface area is 182 Å². The van der Waals surface area contributed by atoms with Gasteiger partial charge in [0, 0.05) is 51.5 Å². The summed E-state index contributed by atoms with van der Waals surface area (Å²) < 4.78 is 11.0. The number of hydrogen-bond acceptors (Lipinski definition) is 5. The summed E-state index contributed by atoms with van der Waals surface area (Å²) in [5.41, 5.74) is 1.91. The van der Waals surface area contributed by atoms with Crippen LogP contribution in [0.25, 0.3) is 0 Å². The summed E-state index contributed by atoms with van der Waals surface area (Å²) >= 11 is 0. The monoisotopic (exact) mass is 426 g/mol. The average molecular weight is 427 g/mol. The van der Waals surface area contributed by atoms with Crippen molar-refractivity contribution >= 4 is 17.6 Å². The number of piperazine rings is 1. The number of rotatable bonds is 4. The van der Waals surface area contributed by atoms with E-state index in [1.54, 1.807) is 21.9 Å². The third-order valence-corrected chi connectivity index (χ3v) is 5.73. The van der Waals surface area contributed by atoms with Crippen LogP contribution in [-0.2, 0) is 11.3 Å². The van der Waals surface area contributed by atoms with Crippen molar-refractivity contribution in [1.82, 2.24) is 14.7 Å². The normalized spacial score (nSPS) is 22.4. The number of anilines is 1. The summed E-state index contributed by atoms with van der Waals surface area (Å²) in [7, 11) is 0. The van der Waals surface area contributed by atoms with Gasteiger partial charge < -0.3 is 24.3 Å². The van der Waals surface area contributed by atoms with E-state index in [1.807, 2.05) is 18.2 Å². The van der Waals surface area contributed by atoms with Gasteiger partial charge in [-0.05, 0) is 37.6 Å². The summed E-state index contributed by atoms with van der Waals surface area (Å²) in [6, 6.07) is 11.2. The fourth-order valence-corrected chi connectivity index (χ4v) is 4.30. The van der Waals surface area contributed by atoms with Gasteiger partial charge in [-0.1, -0.05) is 18.2 Å². The number of nitrogens with zero attached hydrogens (tertiary/aromatic N) is 3. The molecule has 0 radical (unpaired) electrons. The van der Waals surface area contributed by atoms with Gasteiger partial charge in [0.1, 0.15) is 0 Å². The number of carbonyl (C=O) groups is 2. The third-order valence-electron chi connectivity index (χ3n) is 5.73. The molecule has 2 aliphatic heterocycles. The van der Waals surface area contributed by atoms with E-state index in [0.717, 1.165) is 30.9 Å². The quantitative estimate of drug-likeness (QED) is 0.813. The molecule has 0 bridgehead atoms. The lowest BCUT2D eigenvalue weighted by Gasteiger charge is -2.36. The lowest BCUT2D eigenvalue weighted by atomic mass is 10.1. The van der Waals surface area contributed by atoms with E-state index in [1.165, 1.54) is 6.26 Å². The second kappa shape index (κ2) is 9.53. The van der Waals surface area contributed by atoms with Crippen molar-refractivity contribution in [3.8, 4) is 0 Å². The Kier molecular flexibility index (Phi) is 6.58. The van der Waals surface area contributed by atoms with Gasteiger partial charge in [-0.2, -0.15) is 0 Å². The Balaban J connectivity index is 1.33. The molecular weight excluding hydrogens is 396 g/mol. The second-order valence-electron chi connectivity index (χ2n) is 8.30. The van der Waals surface area contributed by atoms with Crippen molar-refractivity contribution in [3.05, 3.63) is 54.0 Å². The van der Waals surface area contributed by atoms with Gasteiger partial charge in [0.15, 0.2) is 5.76 Å². The number of nitrogens with one attached hydrogen (secondary N) is 1. The van der Waals surface area contributed by atoms with Crippen molar-refractivity contribution in [3.63, 3.8) is 0 Å². The molecule has 0 aliphatic carbocycles. The van der Waals surface area contributed by atoms with E-state index in [0.29, 0.717) is 31.9 Å². The van der Waals surface area contributed by atoms with Crippen molar-refractivity contribution in [2.24, 2.45) is 0 Å². The highest BCUT2D eigenvalue weighted by atomic mass is 16.5. The number of benzene rings is 1. The highest BCUT2D eigenvalue weighted by molar-refractivity contribution is 5.92. The fraction of sp³-hybridized carbons (Fsp3) is 0.478. The first-order chi connectivity index (χ1) is 15.0. The lowest BCUT2D eigenvalue weighted by Crippen LogP contribution is -2.51. The zero-order valence-electron chi connectivity index (χ0n) is 18.1. The van der Waals surface area contributed by atoms with E-state index in [4.69, 9.17) is 9.15 Å². The summed E-state index contributed by atoms with van der Waals surface area (Å²) in [5, 5.41) is 3.07. The van der Waals surface area contributed by atoms with Gasteiger partial charge in [-0.15, -0.1) is 0 Å². The molecule has 4 rings (SSSR count). The van der Waals surface area contributed by atoms with Crippen molar-refractivity contribution in [2.75, 3.05) is 44.6 Å². The Morgan fingerprint density at radius 1 is 0.968 bits per heavy atom. The SMILES string of the molecule is C[C@@H]1CN(Cc2ccccc2NC(=O)N2CCN(C(=O)c3ccco3)CC2)C[C@@H](C)O1. The molecule has 31 heavy (non-hydrogen) atoms. The third kappa shape index (κ3) is 5.26. The highest BCUT2D eigenvalue weighted by Gasteiger charge is 2.27. The molecule has 166 valence electrons. The Morgan fingerprint density at radius 3 is 2.32 bits per heavy atom. The molecule has 2 atom stereocenters. The largest absolute Gasteiger partial charge is 0.459 e. The zero-order chi connectivity index (χ0) is 21.8. The topological polar surface area (TPSA) is 78.3 Å². The summed E-state index contributed by atoms with van der Waals surface area (Å²) in [6.45, 7) is 8.63. The minimum Gasteiger partial charge on any atom is -0.459 e. The van der Waals surface area contributed by atoms with Crippen LogP contribution in [0.3, 0.4) is 0 Å². The van der Waals surface area contributed by atoms with Crippen LogP contribution in [0.4, 0.5) is 10.5 Å². The first-order valence-corrected chi connectivity index (χ1v) is 10.8. The van der Waals surface area contributed by atoms with Crippen LogP contribution in [-0.4, -0.2) is 78.1 Å². The number of furan rings is 1. The number of urea groups is 1. The summed E-state index contributed by atoms with van der Waals surface area (Å²) in [6.07, 6.45) is 1.89. The lowest BCUT2D eigenvalue weighted by molar-refractivity contribution is -0.0704. The van der Waals surface area contributed by atoms with Crippen LogP contribution in [0.1, 0.15) is 30.0 Å². The molecule has 2 aliphatic rings. The van der Waals surface area contributed by atoms with Crippen molar-refractivity contribution < 1.29 is 18.7 Å². The first-order valence-electron chi connectivity index (χ1n) is 10.8. The molecule has 3 amide bonds. The predicted molar refractivity (Wildman–Crippen MR) is 117 cm³/mol. The van der Waals surface area contributed by atoms with E-state index in [-0.39, 0.29) is 24.1 Å². The molecule has 0 saturated carbocycles. The van der Waals surface area contributed by atoms with Crippen LogP contribution >= 0.6 is 0 Å². The molecule has 8 nitrogen and oxygen atoms in total. The number of hydrogen-bond donors (Lipinski definition) is 1. The number of para-hydroxylation sites is 1. The summed E-state index contributed by atoms with van der Waals surface area (Å²) in [5.74, 6) is 0.197. The van der Waals surface area contributed by atoms with E-state index in [9.17, 15) is 9.59 Å². The zero-order valence-corrected chi connectivity index (χ0v) is 18.1. The van der Waals surface area contributed by atoms with Crippen molar-refractivity contribution in [1.29, 1.82) is 0 Å². The van der Waals surface area contributed by atoms with Crippen LogP contribution in [0, 0.1) is 0 Å². The van der Waals surface area contributed by atoms with Crippen LogP contribution < -0.4 is 5.32 Å². The molecule has 2 aromatic rings. The molecule has 2 saturated heterocycles. The van der Waals surface area contributed by atoms with Gasteiger partial charge in [0.2, 0.25) is 0 Å². The predicted octanol–water partition coefficient (Wildman–Crippen LogP) is 2.88. The fourth-order valence-electron chi connectivity index (χ4n) is 4.30. The van der Waals surface area contributed by atoms with Crippen LogP contribution in [0.2, 0.25) is 0 Å². The molecule has 3 heterocycles. The smallest absolute Gasteiger partial charge is 0.321 e. The summed E-state index contributed by atoms with van der Waals surface area (Å²) in [4.78, 5) is 31.1. The van der Waals surface area contributed by atoms with Gasteiger partial charge in [0.25, 0.3) is 5.91 Å². The average Bonchev–Trinajstić information content (AvgIpc) is 3.29. The van der Waals surface area contributed by atoms with Crippen molar-refractivity contribution in [2.45, 2.75) is 32.6 Å². The number of amides is 3. The second-order valence-corrected chi connectivity index (χ2v) is 8.30. The highest BCUT2D eigenvalue weighted by Crippen LogP contribution is 2.21. The molecular formula is C23H30N4O4. The molecule has 8 heteroatoms. The molecule has 0 unspecified atom stereocenters. The Bertz CT molecular complexity index is 883.